The molecule has 1 fully saturated rings. The van der Waals surface area contributed by atoms with E-state index in [1.807, 2.05) is 0 Å². The number of ether oxygens (including phenoxy) is 1. The van der Waals surface area contributed by atoms with Crippen LogP contribution in [-0.4, -0.2) is 25.8 Å². The molecule has 0 aromatic heterocycles. The van der Waals surface area contributed by atoms with Crippen molar-refractivity contribution in [2.75, 3.05) is 20.3 Å². The first-order chi connectivity index (χ1) is 5.33. The van der Waals surface area contributed by atoms with E-state index in [9.17, 15) is 0 Å². The van der Waals surface area contributed by atoms with E-state index in [2.05, 4.69) is 12.2 Å². The highest BCUT2D eigenvalue weighted by atomic mass is 16.5. The molecule has 1 aliphatic rings. The minimum atomic E-state index is 0.323. The van der Waals surface area contributed by atoms with Gasteiger partial charge in [0, 0.05) is 12.6 Å². The van der Waals surface area contributed by atoms with E-state index < -0.39 is 0 Å². The van der Waals surface area contributed by atoms with E-state index in [0.717, 1.165) is 6.61 Å². The maximum atomic E-state index is 5.22. The summed E-state index contributed by atoms with van der Waals surface area (Å²) in [4.78, 5) is 0. The summed E-state index contributed by atoms with van der Waals surface area (Å²) in [5.74, 6) is 0. The maximum absolute atomic E-state index is 5.22. The van der Waals surface area contributed by atoms with Crippen molar-refractivity contribution < 1.29 is 4.74 Å². The van der Waals surface area contributed by atoms with Gasteiger partial charge in [0.1, 0.15) is 0 Å². The first kappa shape index (κ1) is 9.01. The van der Waals surface area contributed by atoms with Gasteiger partial charge in [-0.2, -0.15) is 0 Å². The predicted octanol–water partition coefficient (Wildman–Crippen LogP) is 1.56. The molecular formula is C9H19NO. The molecule has 2 nitrogen and oxygen atoms in total. The molecule has 11 heavy (non-hydrogen) atoms. The quantitative estimate of drug-likeness (QED) is 0.668. The molecule has 0 radical (unpaired) electrons. The average Bonchev–Trinajstić information content (AvgIpc) is 2.39. The Morgan fingerprint density at radius 2 is 2.36 bits per heavy atom. The molecule has 0 saturated carbocycles. The minimum absolute atomic E-state index is 0.323. The summed E-state index contributed by atoms with van der Waals surface area (Å²) in [6.07, 6.45) is 5.09. The van der Waals surface area contributed by atoms with Gasteiger partial charge in [0.05, 0.1) is 6.61 Å². The van der Waals surface area contributed by atoms with Gasteiger partial charge in [0.15, 0.2) is 0 Å². The number of methoxy groups -OCH3 is 1. The van der Waals surface area contributed by atoms with Gasteiger partial charge in [-0.05, 0) is 25.8 Å². The first-order valence-electron chi connectivity index (χ1n) is 4.57. The van der Waals surface area contributed by atoms with E-state index in [4.69, 9.17) is 4.74 Å². The Morgan fingerprint density at radius 1 is 1.55 bits per heavy atom. The Morgan fingerprint density at radius 3 is 2.82 bits per heavy atom. The lowest BCUT2D eigenvalue weighted by atomic mass is 9.93. The van der Waals surface area contributed by atoms with Crippen LogP contribution in [0.15, 0.2) is 0 Å². The fourth-order valence-corrected chi connectivity index (χ4v) is 2.03. The number of hydrogen-bond donors (Lipinski definition) is 1. The van der Waals surface area contributed by atoms with E-state index >= 15 is 0 Å². The van der Waals surface area contributed by atoms with Crippen LogP contribution in [0.3, 0.4) is 0 Å². The van der Waals surface area contributed by atoms with Crippen molar-refractivity contribution in [1.82, 2.24) is 5.32 Å². The van der Waals surface area contributed by atoms with Gasteiger partial charge in [-0.1, -0.05) is 13.3 Å². The monoisotopic (exact) mass is 157 g/mol. The minimum Gasteiger partial charge on any atom is -0.383 e. The van der Waals surface area contributed by atoms with E-state index in [0.29, 0.717) is 5.54 Å². The lowest BCUT2D eigenvalue weighted by Crippen LogP contribution is -2.43. The molecule has 0 amide bonds. The third kappa shape index (κ3) is 2.17. The predicted molar refractivity (Wildman–Crippen MR) is 46.8 cm³/mol. The molecule has 0 aliphatic carbocycles. The highest BCUT2D eigenvalue weighted by molar-refractivity contribution is 4.92. The number of hydrogen-bond acceptors (Lipinski definition) is 2. The van der Waals surface area contributed by atoms with Gasteiger partial charge in [-0.3, -0.25) is 0 Å². The molecule has 0 spiro atoms. The summed E-state index contributed by atoms with van der Waals surface area (Å²) in [6.45, 7) is 4.28. The second-order valence-electron chi connectivity index (χ2n) is 3.49. The van der Waals surface area contributed by atoms with Crippen molar-refractivity contribution in [2.45, 2.75) is 38.1 Å². The molecule has 1 heterocycles. The molecule has 0 unspecified atom stereocenters. The Bertz CT molecular complexity index is 100. The third-order valence-corrected chi connectivity index (χ3v) is 2.48. The molecule has 0 bridgehead atoms. The standard InChI is InChI=1S/C9H19NO/c1-3-5-9(8-11-2)6-4-7-10-9/h10H,3-8H2,1-2H3/t9-/m0/s1. The van der Waals surface area contributed by atoms with Gasteiger partial charge < -0.3 is 10.1 Å². The molecule has 1 atom stereocenters. The van der Waals surface area contributed by atoms with Crippen molar-refractivity contribution in [2.24, 2.45) is 0 Å². The second-order valence-corrected chi connectivity index (χ2v) is 3.49. The highest BCUT2D eigenvalue weighted by Crippen LogP contribution is 2.24. The van der Waals surface area contributed by atoms with E-state index in [1.165, 1.54) is 32.2 Å². The molecule has 66 valence electrons. The second kappa shape index (κ2) is 4.07. The van der Waals surface area contributed by atoms with Crippen LogP contribution in [0, 0.1) is 0 Å². The van der Waals surface area contributed by atoms with Crippen molar-refractivity contribution in [3.05, 3.63) is 0 Å². The van der Waals surface area contributed by atoms with E-state index in [1.54, 1.807) is 7.11 Å². The van der Waals surface area contributed by atoms with Crippen LogP contribution in [0.25, 0.3) is 0 Å². The zero-order valence-electron chi connectivity index (χ0n) is 7.65. The number of nitrogens with one attached hydrogen (secondary N) is 1. The molecule has 1 rings (SSSR count). The summed E-state index contributed by atoms with van der Waals surface area (Å²) >= 11 is 0. The zero-order valence-corrected chi connectivity index (χ0v) is 7.65. The smallest absolute Gasteiger partial charge is 0.0644 e. The van der Waals surface area contributed by atoms with Crippen LogP contribution in [-0.2, 0) is 4.74 Å². The van der Waals surface area contributed by atoms with Gasteiger partial charge in [-0.25, -0.2) is 0 Å². The Hall–Kier alpha value is -0.0800. The topological polar surface area (TPSA) is 21.3 Å². The first-order valence-corrected chi connectivity index (χ1v) is 4.57. The molecule has 2 heteroatoms. The summed E-state index contributed by atoms with van der Waals surface area (Å²) in [5, 5.41) is 3.55. The molecule has 1 aliphatic heterocycles. The Labute approximate surface area is 69.3 Å². The van der Waals surface area contributed by atoms with Crippen molar-refractivity contribution in [3.63, 3.8) is 0 Å². The van der Waals surface area contributed by atoms with E-state index in [-0.39, 0.29) is 0 Å². The largest absolute Gasteiger partial charge is 0.383 e. The van der Waals surface area contributed by atoms with Crippen LogP contribution in [0.2, 0.25) is 0 Å². The summed E-state index contributed by atoms with van der Waals surface area (Å²) in [6, 6.07) is 0. The summed E-state index contributed by atoms with van der Waals surface area (Å²) in [7, 11) is 1.79. The number of rotatable bonds is 4. The third-order valence-electron chi connectivity index (χ3n) is 2.48. The summed E-state index contributed by atoms with van der Waals surface area (Å²) in [5.41, 5.74) is 0.323. The molecule has 0 aromatic carbocycles. The molecular weight excluding hydrogens is 138 g/mol. The SMILES string of the molecule is CCC[C@@]1(COC)CCCN1. The van der Waals surface area contributed by atoms with Gasteiger partial charge in [-0.15, -0.1) is 0 Å². The molecule has 1 saturated heterocycles. The fraction of sp³-hybridized carbons (Fsp3) is 1.00. The van der Waals surface area contributed by atoms with Gasteiger partial charge in [0.25, 0.3) is 0 Å². The van der Waals surface area contributed by atoms with Crippen molar-refractivity contribution in [1.29, 1.82) is 0 Å². The zero-order chi connectivity index (χ0) is 8.16. The van der Waals surface area contributed by atoms with Crippen molar-refractivity contribution in [3.8, 4) is 0 Å². The lowest BCUT2D eigenvalue weighted by Gasteiger charge is -2.28. The Balaban J connectivity index is 2.40. The van der Waals surface area contributed by atoms with Crippen LogP contribution < -0.4 is 5.32 Å². The highest BCUT2D eigenvalue weighted by Gasteiger charge is 2.31. The molecule has 0 aromatic rings. The van der Waals surface area contributed by atoms with Crippen LogP contribution >= 0.6 is 0 Å². The summed E-state index contributed by atoms with van der Waals surface area (Å²) < 4.78 is 5.22. The maximum Gasteiger partial charge on any atom is 0.0644 e. The van der Waals surface area contributed by atoms with Gasteiger partial charge in [0.2, 0.25) is 0 Å². The lowest BCUT2D eigenvalue weighted by molar-refractivity contribution is 0.114. The van der Waals surface area contributed by atoms with Crippen LogP contribution in [0.1, 0.15) is 32.6 Å². The van der Waals surface area contributed by atoms with Gasteiger partial charge >= 0.3 is 0 Å². The molecule has 1 N–H and O–H groups in total. The van der Waals surface area contributed by atoms with Crippen LogP contribution in [0.4, 0.5) is 0 Å². The Kier molecular flexibility index (Phi) is 3.34. The van der Waals surface area contributed by atoms with Crippen molar-refractivity contribution >= 4 is 0 Å². The fourth-order valence-electron chi connectivity index (χ4n) is 2.03. The van der Waals surface area contributed by atoms with Crippen LogP contribution in [0.5, 0.6) is 0 Å². The average molecular weight is 157 g/mol. The normalized spacial score (nSPS) is 31.1.